The molecule has 0 aliphatic rings. The standard InChI is InChI=1S/C12H17FO/c1-9-7-10(8-12(2,3)4)5-6-11(9)14-13/h5-7H,8H2,1-4H3. The molecule has 0 saturated heterocycles. The quantitative estimate of drug-likeness (QED) is 0.698. The molecular formula is C12H17FO. The summed E-state index contributed by atoms with van der Waals surface area (Å²) in [5.74, 6) is 0.308. The first-order valence-electron chi connectivity index (χ1n) is 4.80. The van der Waals surface area contributed by atoms with E-state index in [-0.39, 0.29) is 5.41 Å². The zero-order chi connectivity index (χ0) is 10.8. The van der Waals surface area contributed by atoms with Gasteiger partial charge in [-0.05, 0) is 36.0 Å². The number of benzene rings is 1. The van der Waals surface area contributed by atoms with E-state index < -0.39 is 0 Å². The number of hydrogen-bond acceptors (Lipinski definition) is 1. The first kappa shape index (κ1) is 11.0. The summed E-state index contributed by atoms with van der Waals surface area (Å²) in [7, 11) is 0. The monoisotopic (exact) mass is 196 g/mol. The Morgan fingerprint density at radius 3 is 2.36 bits per heavy atom. The lowest BCUT2D eigenvalue weighted by molar-refractivity contribution is -0.00703. The van der Waals surface area contributed by atoms with Crippen LogP contribution in [-0.2, 0) is 6.42 Å². The van der Waals surface area contributed by atoms with Crippen LogP contribution in [0.15, 0.2) is 18.2 Å². The molecule has 0 radical (unpaired) electrons. The van der Waals surface area contributed by atoms with Crippen LogP contribution < -0.4 is 4.94 Å². The van der Waals surface area contributed by atoms with E-state index in [0.717, 1.165) is 12.0 Å². The second-order valence-corrected chi connectivity index (χ2v) is 4.91. The Morgan fingerprint density at radius 1 is 1.29 bits per heavy atom. The molecule has 1 nitrogen and oxygen atoms in total. The van der Waals surface area contributed by atoms with Gasteiger partial charge in [0.2, 0.25) is 0 Å². The summed E-state index contributed by atoms with van der Waals surface area (Å²) in [5, 5.41) is 0. The Labute approximate surface area is 84.8 Å². The van der Waals surface area contributed by atoms with Crippen LogP contribution in [0, 0.1) is 12.3 Å². The highest BCUT2D eigenvalue weighted by atomic mass is 19.3. The van der Waals surface area contributed by atoms with Gasteiger partial charge in [-0.2, -0.15) is 0 Å². The van der Waals surface area contributed by atoms with Gasteiger partial charge in [0.05, 0.1) is 0 Å². The van der Waals surface area contributed by atoms with Crippen molar-refractivity contribution in [3.05, 3.63) is 29.3 Å². The van der Waals surface area contributed by atoms with Gasteiger partial charge in [0, 0.05) is 4.53 Å². The maximum Gasteiger partial charge on any atom is 0.174 e. The van der Waals surface area contributed by atoms with Crippen molar-refractivity contribution >= 4 is 0 Å². The van der Waals surface area contributed by atoms with E-state index in [1.807, 2.05) is 19.1 Å². The molecule has 0 spiro atoms. The van der Waals surface area contributed by atoms with Crippen molar-refractivity contribution in [1.29, 1.82) is 0 Å². The predicted octanol–water partition coefficient (Wildman–Crippen LogP) is 3.85. The molecule has 78 valence electrons. The highest BCUT2D eigenvalue weighted by molar-refractivity contribution is 5.36. The summed E-state index contributed by atoms with van der Waals surface area (Å²) in [6, 6.07) is 5.56. The van der Waals surface area contributed by atoms with Gasteiger partial charge < -0.3 is 0 Å². The van der Waals surface area contributed by atoms with Crippen LogP contribution in [0.3, 0.4) is 0 Å². The fourth-order valence-electron chi connectivity index (χ4n) is 1.52. The molecule has 0 aromatic heterocycles. The van der Waals surface area contributed by atoms with E-state index >= 15 is 0 Å². The molecule has 0 bridgehead atoms. The third-order valence-electron chi connectivity index (χ3n) is 2.06. The highest BCUT2D eigenvalue weighted by Crippen LogP contribution is 2.25. The topological polar surface area (TPSA) is 9.23 Å². The Bertz CT molecular complexity index is 313. The van der Waals surface area contributed by atoms with E-state index in [4.69, 9.17) is 0 Å². The molecule has 14 heavy (non-hydrogen) atoms. The minimum atomic E-state index is 0.254. The lowest BCUT2D eigenvalue weighted by atomic mass is 9.88. The van der Waals surface area contributed by atoms with Crippen molar-refractivity contribution in [3.8, 4) is 5.75 Å². The number of hydrogen-bond donors (Lipinski definition) is 0. The molecule has 0 N–H and O–H groups in total. The van der Waals surface area contributed by atoms with Crippen LogP contribution in [0.5, 0.6) is 5.75 Å². The lowest BCUT2D eigenvalue weighted by Crippen LogP contribution is -2.09. The third kappa shape index (κ3) is 3.02. The summed E-state index contributed by atoms with van der Waals surface area (Å²) >= 11 is 0. The second kappa shape index (κ2) is 3.99. The van der Waals surface area contributed by atoms with Gasteiger partial charge in [0.15, 0.2) is 5.75 Å². The zero-order valence-corrected chi connectivity index (χ0v) is 9.23. The maximum atomic E-state index is 12.0. The van der Waals surface area contributed by atoms with E-state index in [9.17, 15) is 4.53 Å². The van der Waals surface area contributed by atoms with Gasteiger partial charge in [0.1, 0.15) is 0 Å². The molecule has 1 rings (SSSR count). The molecule has 0 unspecified atom stereocenters. The Hall–Kier alpha value is -1.05. The van der Waals surface area contributed by atoms with Crippen molar-refractivity contribution in [2.24, 2.45) is 5.41 Å². The number of aryl methyl sites for hydroxylation is 1. The van der Waals surface area contributed by atoms with Gasteiger partial charge in [0.25, 0.3) is 0 Å². The van der Waals surface area contributed by atoms with Gasteiger partial charge in [-0.3, -0.25) is 4.94 Å². The van der Waals surface area contributed by atoms with Crippen molar-refractivity contribution in [1.82, 2.24) is 0 Å². The summed E-state index contributed by atoms with van der Waals surface area (Å²) in [6.07, 6.45) is 0.987. The fourth-order valence-corrected chi connectivity index (χ4v) is 1.52. The van der Waals surface area contributed by atoms with E-state index in [2.05, 4.69) is 25.7 Å². The average molecular weight is 196 g/mol. The lowest BCUT2D eigenvalue weighted by Gasteiger charge is -2.18. The van der Waals surface area contributed by atoms with Crippen molar-refractivity contribution in [2.75, 3.05) is 0 Å². The minimum Gasteiger partial charge on any atom is -0.294 e. The number of halogens is 1. The van der Waals surface area contributed by atoms with Crippen LogP contribution in [-0.4, -0.2) is 0 Å². The zero-order valence-electron chi connectivity index (χ0n) is 9.23. The van der Waals surface area contributed by atoms with Crippen LogP contribution >= 0.6 is 0 Å². The molecule has 0 saturated carbocycles. The van der Waals surface area contributed by atoms with Crippen LogP contribution in [0.2, 0.25) is 0 Å². The van der Waals surface area contributed by atoms with Gasteiger partial charge >= 0.3 is 0 Å². The molecule has 1 aromatic rings. The first-order chi connectivity index (χ1) is 6.42. The molecule has 0 atom stereocenters. The van der Waals surface area contributed by atoms with Crippen molar-refractivity contribution in [3.63, 3.8) is 0 Å². The van der Waals surface area contributed by atoms with Gasteiger partial charge in [-0.15, -0.1) is 0 Å². The van der Waals surface area contributed by atoms with Crippen LogP contribution in [0.4, 0.5) is 4.53 Å². The first-order valence-corrected chi connectivity index (χ1v) is 4.80. The van der Waals surface area contributed by atoms with Crippen LogP contribution in [0.25, 0.3) is 0 Å². The Morgan fingerprint density at radius 2 is 1.93 bits per heavy atom. The normalized spacial score (nSPS) is 11.5. The summed E-state index contributed by atoms with van der Waals surface area (Å²) in [4.78, 5) is 3.73. The minimum absolute atomic E-state index is 0.254. The average Bonchev–Trinajstić information content (AvgIpc) is 2.01. The summed E-state index contributed by atoms with van der Waals surface area (Å²) in [6.45, 7) is 8.40. The molecule has 1 aromatic carbocycles. The largest absolute Gasteiger partial charge is 0.294 e. The SMILES string of the molecule is Cc1cc(CC(C)(C)C)ccc1OF. The van der Waals surface area contributed by atoms with Crippen molar-refractivity contribution in [2.45, 2.75) is 34.1 Å². The molecule has 0 aliphatic carbocycles. The number of rotatable bonds is 2. The highest BCUT2D eigenvalue weighted by Gasteiger charge is 2.12. The van der Waals surface area contributed by atoms with Gasteiger partial charge in [-0.1, -0.05) is 32.9 Å². The molecule has 0 heterocycles. The van der Waals surface area contributed by atoms with Gasteiger partial charge in [-0.25, -0.2) is 0 Å². The fraction of sp³-hybridized carbons (Fsp3) is 0.500. The Kier molecular flexibility index (Phi) is 3.14. The van der Waals surface area contributed by atoms with E-state index in [1.165, 1.54) is 5.56 Å². The summed E-state index contributed by atoms with van der Waals surface area (Å²) in [5.41, 5.74) is 2.31. The molecule has 0 amide bonds. The summed E-state index contributed by atoms with van der Waals surface area (Å²) < 4.78 is 12.0. The van der Waals surface area contributed by atoms with E-state index in [1.54, 1.807) is 6.07 Å². The van der Waals surface area contributed by atoms with Crippen molar-refractivity contribution < 1.29 is 9.47 Å². The second-order valence-electron chi connectivity index (χ2n) is 4.91. The smallest absolute Gasteiger partial charge is 0.174 e. The molecule has 0 aliphatic heterocycles. The third-order valence-corrected chi connectivity index (χ3v) is 2.06. The molecule has 0 fully saturated rings. The van der Waals surface area contributed by atoms with Crippen LogP contribution in [0.1, 0.15) is 31.9 Å². The maximum absolute atomic E-state index is 12.0. The molecule has 2 heteroatoms. The molecular weight excluding hydrogens is 179 g/mol. The Balaban J connectivity index is 2.87. The van der Waals surface area contributed by atoms with E-state index in [0.29, 0.717) is 5.75 Å². The predicted molar refractivity (Wildman–Crippen MR) is 56.1 cm³/mol.